The molecule has 2 aromatic carbocycles. The lowest BCUT2D eigenvalue weighted by atomic mass is 10.2. The maximum Gasteiger partial charge on any atom is 0.258 e. The molecule has 0 radical (unpaired) electrons. The van der Waals surface area contributed by atoms with Gasteiger partial charge in [-0.2, -0.15) is 5.26 Å². The smallest absolute Gasteiger partial charge is 0.258 e. The largest absolute Gasteiger partial charge is 0.454 e. The normalized spacial score (nSPS) is 11.5. The summed E-state index contributed by atoms with van der Waals surface area (Å²) >= 11 is 0. The maximum absolute atomic E-state index is 12.4. The molecule has 8 heteroatoms. The van der Waals surface area contributed by atoms with Crippen LogP contribution in [0.3, 0.4) is 0 Å². The molecule has 0 fully saturated rings. The third kappa shape index (κ3) is 3.48. The van der Waals surface area contributed by atoms with Gasteiger partial charge in [0.05, 0.1) is 16.8 Å². The lowest BCUT2D eigenvalue weighted by Gasteiger charge is -2.08. The van der Waals surface area contributed by atoms with E-state index in [1.54, 1.807) is 42.5 Å². The Kier molecular flexibility index (Phi) is 4.25. The summed E-state index contributed by atoms with van der Waals surface area (Å²) in [5, 5.41) is 14.8. The van der Waals surface area contributed by atoms with E-state index in [-0.39, 0.29) is 18.6 Å². The standard InChI is InChI=1S/C19H13N5O3/c20-8-12-3-1-2-4-15(12)24-19-21-9-13(10-22-19)18(25)23-14-5-6-16-17(7-14)27-11-26-16/h1-7,9-10H,11H2,(H,23,25)(H,21,22,24). The Morgan fingerprint density at radius 1 is 1.07 bits per heavy atom. The van der Waals surface area contributed by atoms with E-state index in [4.69, 9.17) is 14.7 Å². The van der Waals surface area contributed by atoms with Crippen molar-refractivity contribution in [2.45, 2.75) is 0 Å². The summed E-state index contributed by atoms with van der Waals surface area (Å²) in [4.78, 5) is 20.6. The molecular formula is C19H13N5O3. The number of para-hydroxylation sites is 1. The molecule has 8 nitrogen and oxygen atoms in total. The molecule has 1 aromatic heterocycles. The Morgan fingerprint density at radius 3 is 2.67 bits per heavy atom. The summed E-state index contributed by atoms with van der Waals surface area (Å²) in [5.41, 5.74) is 1.95. The lowest BCUT2D eigenvalue weighted by Crippen LogP contribution is -2.13. The van der Waals surface area contributed by atoms with Crippen molar-refractivity contribution in [1.29, 1.82) is 5.26 Å². The first-order chi connectivity index (χ1) is 13.2. The fourth-order valence-corrected chi connectivity index (χ4v) is 2.50. The molecule has 27 heavy (non-hydrogen) atoms. The minimum absolute atomic E-state index is 0.171. The van der Waals surface area contributed by atoms with Crippen molar-refractivity contribution in [2.24, 2.45) is 0 Å². The van der Waals surface area contributed by atoms with E-state index >= 15 is 0 Å². The number of carbonyl (C=O) groups excluding carboxylic acids is 1. The second-order valence-corrected chi connectivity index (χ2v) is 5.60. The number of hydrogen-bond donors (Lipinski definition) is 2. The highest BCUT2D eigenvalue weighted by molar-refractivity contribution is 6.04. The molecule has 1 aliphatic rings. The first-order valence-electron chi connectivity index (χ1n) is 8.02. The van der Waals surface area contributed by atoms with Crippen LogP contribution in [-0.4, -0.2) is 22.7 Å². The molecular weight excluding hydrogens is 346 g/mol. The van der Waals surface area contributed by atoms with E-state index < -0.39 is 0 Å². The number of carbonyl (C=O) groups is 1. The molecule has 0 atom stereocenters. The Balaban J connectivity index is 1.45. The number of rotatable bonds is 4. The van der Waals surface area contributed by atoms with Crippen LogP contribution in [0.4, 0.5) is 17.3 Å². The average Bonchev–Trinajstić information content (AvgIpc) is 3.17. The topological polar surface area (TPSA) is 109 Å². The summed E-state index contributed by atoms with van der Waals surface area (Å²) in [6.07, 6.45) is 2.82. The van der Waals surface area contributed by atoms with Crippen molar-refractivity contribution < 1.29 is 14.3 Å². The van der Waals surface area contributed by atoms with Crippen LogP contribution in [0, 0.1) is 11.3 Å². The zero-order chi connectivity index (χ0) is 18.6. The molecule has 2 N–H and O–H groups in total. The van der Waals surface area contributed by atoms with Gasteiger partial charge in [0, 0.05) is 24.1 Å². The molecule has 3 aromatic rings. The third-order valence-corrected chi connectivity index (χ3v) is 3.84. The molecule has 1 aliphatic heterocycles. The summed E-state index contributed by atoms with van der Waals surface area (Å²) in [6, 6.07) is 14.2. The monoisotopic (exact) mass is 359 g/mol. The summed E-state index contributed by atoms with van der Waals surface area (Å²) in [7, 11) is 0. The van der Waals surface area contributed by atoms with Gasteiger partial charge in [0.25, 0.3) is 5.91 Å². The molecule has 1 amide bonds. The Hall–Kier alpha value is -4.12. The van der Waals surface area contributed by atoms with Gasteiger partial charge in [-0.25, -0.2) is 9.97 Å². The molecule has 0 bridgehead atoms. The van der Waals surface area contributed by atoms with Gasteiger partial charge in [0.2, 0.25) is 12.7 Å². The van der Waals surface area contributed by atoms with Crippen LogP contribution in [0.1, 0.15) is 15.9 Å². The molecule has 4 rings (SSSR count). The number of nitriles is 1. The van der Waals surface area contributed by atoms with E-state index in [0.717, 1.165) is 0 Å². The van der Waals surface area contributed by atoms with Gasteiger partial charge in [-0.3, -0.25) is 4.79 Å². The maximum atomic E-state index is 12.4. The van der Waals surface area contributed by atoms with Gasteiger partial charge in [-0.1, -0.05) is 12.1 Å². The number of nitrogens with one attached hydrogen (secondary N) is 2. The van der Waals surface area contributed by atoms with Crippen molar-refractivity contribution in [1.82, 2.24) is 9.97 Å². The van der Waals surface area contributed by atoms with Crippen LogP contribution < -0.4 is 20.1 Å². The van der Waals surface area contributed by atoms with Crippen LogP contribution in [0.2, 0.25) is 0 Å². The number of anilines is 3. The van der Waals surface area contributed by atoms with Gasteiger partial charge in [0.15, 0.2) is 11.5 Å². The quantitative estimate of drug-likeness (QED) is 0.737. The SMILES string of the molecule is N#Cc1ccccc1Nc1ncc(C(=O)Nc2ccc3c(c2)OCO3)cn1. The van der Waals surface area contributed by atoms with Crippen molar-refractivity contribution in [3.63, 3.8) is 0 Å². The molecule has 0 saturated heterocycles. The number of fused-ring (bicyclic) bond motifs is 1. The number of nitrogens with zero attached hydrogens (tertiary/aromatic N) is 3. The van der Waals surface area contributed by atoms with Gasteiger partial charge in [-0.15, -0.1) is 0 Å². The fraction of sp³-hybridized carbons (Fsp3) is 0.0526. The van der Waals surface area contributed by atoms with E-state index in [2.05, 4.69) is 26.7 Å². The van der Waals surface area contributed by atoms with Crippen molar-refractivity contribution in [3.8, 4) is 17.6 Å². The molecule has 0 spiro atoms. The highest BCUT2D eigenvalue weighted by Gasteiger charge is 2.15. The second-order valence-electron chi connectivity index (χ2n) is 5.60. The van der Waals surface area contributed by atoms with Crippen LogP contribution >= 0.6 is 0 Å². The van der Waals surface area contributed by atoms with Crippen LogP contribution in [0.5, 0.6) is 11.5 Å². The predicted molar refractivity (Wildman–Crippen MR) is 97.0 cm³/mol. The zero-order valence-corrected chi connectivity index (χ0v) is 14.0. The van der Waals surface area contributed by atoms with Crippen LogP contribution in [0.15, 0.2) is 54.9 Å². The van der Waals surface area contributed by atoms with E-state index in [1.807, 2.05) is 0 Å². The molecule has 0 unspecified atom stereocenters. The minimum atomic E-state index is -0.349. The number of amides is 1. The van der Waals surface area contributed by atoms with Crippen LogP contribution in [-0.2, 0) is 0 Å². The first kappa shape index (κ1) is 16.4. The Bertz CT molecular complexity index is 1040. The Morgan fingerprint density at radius 2 is 1.85 bits per heavy atom. The summed E-state index contributed by atoms with van der Waals surface area (Å²) in [6.45, 7) is 0.171. The second kappa shape index (κ2) is 7.01. The third-order valence-electron chi connectivity index (χ3n) is 3.84. The van der Waals surface area contributed by atoms with Gasteiger partial charge >= 0.3 is 0 Å². The average molecular weight is 359 g/mol. The number of hydrogen-bond acceptors (Lipinski definition) is 7. The molecule has 0 aliphatic carbocycles. The zero-order valence-electron chi connectivity index (χ0n) is 14.0. The first-order valence-corrected chi connectivity index (χ1v) is 8.02. The van der Waals surface area contributed by atoms with Crippen molar-refractivity contribution in [2.75, 3.05) is 17.4 Å². The molecule has 0 saturated carbocycles. The predicted octanol–water partition coefficient (Wildman–Crippen LogP) is 3.07. The van der Waals surface area contributed by atoms with Gasteiger partial charge < -0.3 is 20.1 Å². The molecule has 132 valence electrons. The number of aromatic nitrogens is 2. The van der Waals surface area contributed by atoms with E-state index in [1.165, 1.54) is 12.4 Å². The summed E-state index contributed by atoms with van der Waals surface area (Å²) in [5.74, 6) is 1.17. The number of benzene rings is 2. The summed E-state index contributed by atoms with van der Waals surface area (Å²) < 4.78 is 10.5. The molecule has 2 heterocycles. The van der Waals surface area contributed by atoms with Crippen molar-refractivity contribution in [3.05, 3.63) is 66.0 Å². The highest BCUT2D eigenvalue weighted by Crippen LogP contribution is 2.34. The van der Waals surface area contributed by atoms with E-state index in [9.17, 15) is 4.79 Å². The lowest BCUT2D eigenvalue weighted by molar-refractivity contribution is 0.102. The fourth-order valence-electron chi connectivity index (χ4n) is 2.50. The van der Waals surface area contributed by atoms with Gasteiger partial charge in [-0.05, 0) is 24.3 Å². The van der Waals surface area contributed by atoms with Crippen LogP contribution in [0.25, 0.3) is 0 Å². The Labute approximate surface area is 154 Å². The van der Waals surface area contributed by atoms with Crippen molar-refractivity contribution >= 4 is 23.2 Å². The van der Waals surface area contributed by atoms with Gasteiger partial charge in [0.1, 0.15) is 6.07 Å². The highest BCUT2D eigenvalue weighted by atomic mass is 16.7. The minimum Gasteiger partial charge on any atom is -0.454 e. The van der Waals surface area contributed by atoms with E-state index in [0.29, 0.717) is 34.0 Å². The number of ether oxygens (including phenoxy) is 2.